The molecule has 1 N–H and O–H groups in total. The fourth-order valence-corrected chi connectivity index (χ4v) is 4.80. The molecule has 7 heteroatoms. The molecule has 0 saturated carbocycles. The molecule has 2 amide bonds. The molecule has 172 valence electrons. The highest BCUT2D eigenvalue weighted by molar-refractivity contribution is 6.05. The Labute approximate surface area is 190 Å². The Bertz CT molecular complexity index is 892. The molecule has 7 nitrogen and oxygen atoms in total. The van der Waals surface area contributed by atoms with E-state index in [0.717, 1.165) is 25.9 Å². The number of hydrogen-bond acceptors (Lipinski definition) is 5. The lowest BCUT2D eigenvalue weighted by atomic mass is 10.1. The predicted octanol–water partition coefficient (Wildman–Crippen LogP) is 3.12. The molecule has 2 aliphatic heterocycles. The van der Waals surface area contributed by atoms with Crippen molar-refractivity contribution in [3.8, 4) is 0 Å². The molecule has 2 saturated heterocycles. The third kappa shape index (κ3) is 5.58. The number of nitrogens with zero attached hydrogens (tertiary/aromatic N) is 3. The van der Waals surface area contributed by atoms with Crippen molar-refractivity contribution in [3.63, 3.8) is 0 Å². The van der Waals surface area contributed by atoms with Gasteiger partial charge in [-0.1, -0.05) is 18.6 Å². The zero-order valence-electron chi connectivity index (χ0n) is 19.0. The van der Waals surface area contributed by atoms with Gasteiger partial charge in [-0.05, 0) is 69.6 Å². The quantitative estimate of drug-likeness (QED) is 0.686. The van der Waals surface area contributed by atoms with Crippen LogP contribution >= 0.6 is 0 Å². The molecule has 2 aromatic rings. The van der Waals surface area contributed by atoms with Crippen molar-refractivity contribution in [1.29, 1.82) is 0 Å². The molecule has 0 spiro atoms. The standard InChI is InChI=1S/C25H34N4O3/c1-27(23-12-4-3-11-22(23)25(31)26-17-21-10-8-16-32-21)24(30)19-29-15-7-9-20(29)18-28-13-5-2-6-14-28/h3-4,8,10-12,16,20H,2,5-7,9,13-15,17-19H2,1H3,(H,26,31). The molecule has 4 rings (SSSR count). The highest BCUT2D eigenvalue weighted by Crippen LogP contribution is 2.23. The maximum absolute atomic E-state index is 13.2. The summed E-state index contributed by atoms with van der Waals surface area (Å²) in [6.07, 6.45) is 7.78. The minimum Gasteiger partial charge on any atom is -0.467 e. The normalized spacial score (nSPS) is 19.7. The van der Waals surface area contributed by atoms with Crippen molar-refractivity contribution < 1.29 is 14.0 Å². The lowest BCUT2D eigenvalue weighted by Gasteiger charge is -2.33. The van der Waals surface area contributed by atoms with Crippen molar-refractivity contribution in [1.82, 2.24) is 15.1 Å². The summed E-state index contributed by atoms with van der Waals surface area (Å²) < 4.78 is 5.29. The maximum Gasteiger partial charge on any atom is 0.253 e. The third-order valence-electron chi connectivity index (χ3n) is 6.64. The highest BCUT2D eigenvalue weighted by atomic mass is 16.3. The van der Waals surface area contributed by atoms with Gasteiger partial charge >= 0.3 is 0 Å². The number of likely N-dealkylation sites (tertiary alicyclic amines) is 2. The van der Waals surface area contributed by atoms with Gasteiger partial charge in [0.25, 0.3) is 5.91 Å². The molecule has 0 aliphatic carbocycles. The molecular formula is C25H34N4O3. The van der Waals surface area contributed by atoms with E-state index in [1.165, 1.54) is 32.4 Å². The zero-order chi connectivity index (χ0) is 22.3. The number of para-hydroxylation sites is 1. The van der Waals surface area contributed by atoms with E-state index in [9.17, 15) is 9.59 Å². The van der Waals surface area contributed by atoms with Crippen LogP contribution in [0.3, 0.4) is 0 Å². The molecule has 2 fully saturated rings. The second-order valence-corrected chi connectivity index (χ2v) is 8.86. The van der Waals surface area contributed by atoms with Crippen LogP contribution in [0.1, 0.15) is 48.2 Å². The first-order chi connectivity index (χ1) is 15.6. The molecule has 0 bridgehead atoms. The average Bonchev–Trinajstić information content (AvgIpc) is 3.50. The SMILES string of the molecule is CN(C(=O)CN1CCCC1CN1CCCCC1)c1ccccc1C(=O)NCc1ccco1. The van der Waals surface area contributed by atoms with Gasteiger partial charge in [-0.3, -0.25) is 14.5 Å². The summed E-state index contributed by atoms with van der Waals surface area (Å²) in [5.74, 6) is 0.483. The summed E-state index contributed by atoms with van der Waals surface area (Å²) in [5, 5.41) is 2.87. The Balaban J connectivity index is 1.37. The number of furan rings is 1. The number of carbonyl (C=O) groups excluding carboxylic acids is 2. The Kier molecular flexibility index (Phi) is 7.60. The lowest BCUT2D eigenvalue weighted by Crippen LogP contribution is -2.46. The van der Waals surface area contributed by atoms with Crippen molar-refractivity contribution in [3.05, 3.63) is 54.0 Å². The van der Waals surface area contributed by atoms with E-state index in [1.807, 2.05) is 24.3 Å². The number of piperidine rings is 1. The van der Waals surface area contributed by atoms with E-state index < -0.39 is 0 Å². The van der Waals surface area contributed by atoms with Gasteiger partial charge in [-0.15, -0.1) is 0 Å². The van der Waals surface area contributed by atoms with Gasteiger partial charge in [0.2, 0.25) is 5.91 Å². The summed E-state index contributed by atoms with van der Waals surface area (Å²) in [4.78, 5) is 32.5. The molecule has 1 aromatic heterocycles. The van der Waals surface area contributed by atoms with Crippen molar-refractivity contribution >= 4 is 17.5 Å². The molecular weight excluding hydrogens is 404 g/mol. The number of hydrogen-bond donors (Lipinski definition) is 1. The average molecular weight is 439 g/mol. The second-order valence-electron chi connectivity index (χ2n) is 8.86. The van der Waals surface area contributed by atoms with Crippen LogP contribution in [0, 0.1) is 0 Å². The fourth-order valence-electron chi connectivity index (χ4n) is 4.80. The summed E-state index contributed by atoms with van der Waals surface area (Å²) in [6.45, 7) is 5.07. The van der Waals surface area contributed by atoms with Crippen molar-refractivity contribution in [2.24, 2.45) is 0 Å². The first-order valence-corrected chi connectivity index (χ1v) is 11.7. The fraction of sp³-hybridized carbons (Fsp3) is 0.520. The second kappa shape index (κ2) is 10.8. The van der Waals surface area contributed by atoms with Gasteiger partial charge in [0.1, 0.15) is 5.76 Å². The van der Waals surface area contributed by atoms with Crippen LogP contribution in [0.4, 0.5) is 5.69 Å². The topological polar surface area (TPSA) is 69.0 Å². The van der Waals surface area contributed by atoms with Gasteiger partial charge in [0.05, 0.1) is 30.6 Å². The number of nitrogens with one attached hydrogen (secondary N) is 1. The largest absolute Gasteiger partial charge is 0.467 e. The van der Waals surface area contributed by atoms with E-state index in [2.05, 4.69) is 15.1 Å². The number of benzene rings is 1. The van der Waals surface area contributed by atoms with Crippen LogP contribution in [0.2, 0.25) is 0 Å². The van der Waals surface area contributed by atoms with Crippen molar-refractivity contribution in [2.45, 2.75) is 44.7 Å². The molecule has 0 radical (unpaired) electrons. The Morgan fingerprint density at radius 1 is 1.06 bits per heavy atom. The van der Waals surface area contributed by atoms with Gasteiger partial charge in [0.15, 0.2) is 0 Å². The van der Waals surface area contributed by atoms with Crippen LogP contribution in [0.15, 0.2) is 47.1 Å². The summed E-state index contributed by atoms with van der Waals surface area (Å²) >= 11 is 0. The third-order valence-corrected chi connectivity index (χ3v) is 6.64. The smallest absolute Gasteiger partial charge is 0.253 e. The molecule has 32 heavy (non-hydrogen) atoms. The summed E-state index contributed by atoms with van der Waals surface area (Å²) in [7, 11) is 1.76. The Morgan fingerprint density at radius 2 is 1.88 bits per heavy atom. The van der Waals surface area contributed by atoms with Gasteiger partial charge in [0, 0.05) is 19.6 Å². The monoisotopic (exact) mass is 438 g/mol. The van der Waals surface area contributed by atoms with Crippen LogP contribution in [-0.4, -0.2) is 67.4 Å². The van der Waals surface area contributed by atoms with Crippen LogP contribution in [0.25, 0.3) is 0 Å². The van der Waals surface area contributed by atoms with Crippen LogP contribution < -0.4 is 10.2 Å². The van der Waals surface area contributed by atoms with Crippen LogP contribution in [-0.2, 0) is 11.3 Å². The number of anilines is 1. The Morgan fingerprint density at radius 3 is 2.66 bits per heavy atom. The van der Waals surface area contributed by atoms with E-state index >= 15 is 0 Å². The molecule has 3 heterocycles. The minimum absolute atomic E-state index is 0.0156. The number of amides is 2. The molecule has 1 unspecified atom stereocenters. The minimum atomic E-state index is -0.221. The lowest BCUT2D eigenvalue weighted by molar-refractivity contribution is -0.119. The molecule has 1 atom stereocenters. The van der Waals surface area contributed by atoms with Gasteiger partial charge in [-0.2, -0.15) is 0 Å². The first-order valence-electron chi connectivity index (χ1n) is 11.7. The highest BCUT2D eigenvalue weighted by Gasteiger charge is 2.30. The van der Waals surface area contributed by atoms with E-state index in [-0.39, 0.29) is 11.8 Å². The molecule has 1 aromatic carbocycles. The molecule has 2 aliphatic rings. The summed E-state index contributed by atoms with van der Waals surface area (Å²) in [6, 6.07) is 11.3. The number of carbonyl (C=O) groups is 2. The van der Waals surface area contributed by atoms with Crippen LogP contribution in [0.5, 0.6) is 0 Å². The van der Waals surface area contributed by atoms with E-state index in [4.69, 9.17) is 4.42 Å². The number of likely N-dealkylation sites (N-methyl/N-ethyl adjacent to an activating group) is 1. The van der Waals surface area contributed by atoms with Gasteiger partial charge < -0.3 is 19.5 Å². The van der Waals surface area contributed by atoms with Gasteiger partial charge in [-0.25, -0.2) is 0 Å². The predicted molar refractivity (Wildman–Crippen MR) is 125 cm³/mol. The first kappa shape index (κ1) is 22.6. The van der Waals surface area contributed by atoms with E-state index in [0.29, 0.717) is 36.1 Å². The zero-order valence-corrected chi connectivity index (χ0v) is 19.0. The van der Waals surface area contributed by atoms with Crippen molar-refractivity contribution in [2.75, 3.05) is 44.7 Å². The maximum atomic E-state index is 13.2. The summed E-state index contributed by atoms with van der Waals surface area (Å²) in [5.41, 5.74) is 1.11. The number of rotatable bonds is 8. The Hall–Kier alpha value is -2.64. The van der Waals surface area contributed by atoms with E-state index in [1.54, 1.807) is 30.3 Å².